The fraction of sp³-hybridized carbons (Fsp3) is 0.0870. The van der Waals surface area contributed by atoms with Crippen LogP contribution in [0, 0.1) is 17.1 Å². The molecule has 0 bridgehead atoms. The van der Waals surface area contributed by atoms with Gasteiger partial charge in [-0.3, -0.25) is 9.59 Å². The lowest BCUT2D eigenvalue weighted by Crippen LogP contribution is -2.21. The highest BCUT2D eigenvalue weighted by molar-refractivity contribution is 6.31. The minimum atomic E-state index is -4.84. The van der Waals surface area contributed by atoms with Crippen molar-refractivity contribution in [2.24, 2.45) is 0 Å². The van der Waals surface area contributed by atoms with Gasteiger partial charge in [0.15, 0.2) is 0 Å². The summed E-state index contributed by atoms with van der Waals surface area (Å²) in [6, 6.07) is 11.6. The number of amides is 2. The highest BCUT2D eigenvalue weighted by Crippen LogP contribution is 2.39. The number of carbonyl (C=O) groups is 2. The van der Waals surface area contributed by atoms with E-state index in [0.717, 1.165) is 0 Å². The molecule has 0 saturated carbocycles. The summed E-state index contributed by atoms with van der Waals surface area (Å²) >= 11 is 6.28. The first-order chi connectivity index (χ1) is 15.6. The van der Waals surface area contributed by atoms with Crippen molar-refractivity contribution in [1.29, 1.82) is 5.26 Å². The zero-order valence-corrected chi connectivity index (χ0v) is 17.2. The number of halogens is 5. The van der Waals surface area contributed by atoms with E-state index >= 15 is 0 Å². The minimum absolute atomic E-state index is 0.122. The summed E-state index contributed by atoms with van der Waals surface area (Å²) in [6.45, 7) is 0. The molecular formula is C23H12ClF4N3O2. The zero-order chi connectivity index (χ0) is 23.9. The number of benzene rings is 3. The molecule has 2 N–H and O–H groups in total. The van der Waals surface area contributed by atoms with E-state index in [1.807, 2.05) is 6.07 Å². The Morgan fingerprint density at radius 1 is 1.12 bits per heavy atom. The molecule has 33 heavy (non-hydrogen) atoms. The summed E-state index contributed by atoms with van der Waals surface area (Å²) in [4.78, 5) is 25.2. The van der Waals surface area contributed by atoms with E-state index in [1.54, 1.807) is 0 Å². The van der Waals surface area contributed by atoms with Crippen molar-refractivity contribution in [3.8, 4) is 6.07 Å². The lowest BCUT2D eigenvalue weighted by Gasteiger charge is -2.18. The van der Waals surface area contributed by atoms with Gasteiger partial charge in [-0.25, -0.2) is 4.39 Å². The highest BCUT2D eigenvalue weighted by atomic mass is 35.5. The summed E-state index contributed by atoms with van der Waals surface area (Å²) < 4.78 is 52.8. The summed E-state index contributed by atoms with van der Waals surface area (Å²) in [5.74, 6) is -2.68. The molecule has 5 nitrogen and oxygen atoms in total. The lowest BCUT2D eigenvalue weighted by atomic mass is 9.95. The van der Waals surface area contributed by atoms with Crippen LogP contribution in [0.5, 0.6) is 0 Å². The van der Waals surface area contributed by atoms with E-state index in [0.29, 0.717) is 29.3 Å². The molecule has 2 amide bonds. The zero-order valence-electron chi connectivity index (χ0n) is 16.4. The predicted molar refractivity (Wildman–Crippen MR) is 111 cm³/mol. The van der Waals surface area contributed by atoms with Crippen LogP contribution in [0.25, 0.3) is 0 Å². The predicted octanol–water partition coefficient (Wildman–Crippen LogP) is 5.45. The van der Waals surface area contributed by atoms with E-state index in [1.165, 1.54) is 36.4 Å². The average molecular weight is 474 g/mol. The van der Waals surface area contributed by atoms with Gasteiger partial charge in [-0.2, -0.15) is 18.4 Å². The number of anilines is 1. The molecule has 3 aromatic carbocycles. The van der Waals surface area contributed by atoms with Crippen LogP contribution in [0.4, 0.5) is 23.2 Å². The Kier molecular flexibility index (Phi) is 5.56. The number of rotatable bonds is 3. The molecule has 0 fully saturated rings. The van der Waals surface area contributed by atoms with E-state index in [4.69, 9.17) is 11.6 Å². The quantitative estimate of drug-likeness (QED) is 0.496. The second-order valence-corrected chi connectivity index (χ2v) is 7.61. The van der Waals surface area contributed by atoms with Crippen molar-refractivity contribution >= 4 is 29.1 Å². The van der Waals surface area contributed by atoms with E-state index in [2.05, 4.69) is 10.6 Å². The Morgan fingerprint density at radius 2 is 1.88 bits per heavy atom. The first-order valence-corrected chi connectivity index (χ1v) is 9.78. The molecule has 10 heteroatoms. The molecule has 1 aliphatic heterocycles. The number of alkyl halides is 3. The number of hydrogen-bond donors (Lipinski definition) is 2. The molecule has 1 aliphatic rings. The van der Waals surface area contributed by atoms with Gasteiger partial charge < -0.3 is 10.6 Å². The number of nitrogens with zero attached hydrogens (tertiary/aromatic N) is 1. The van der Waals surface area contributed by atoms with Crippen LogP contribution >= 0.6 is 11.6 Å². The van der Waals surface area contributed by atoms with Crippen LogP contribution in [-0.4, -0.2) is 11.8 Å². The maximum Gasteiger partial charge on any atom is 0.416 e. The van der Waals surface area contributed by atoms with Crippen LogP contribution in [0.3, 0.4) is 0 Å². The van der Waals surface area contributed by atoms with Crippen molar-refractivity contribution in [2.45, 2.75) is 12.2 Å². The second-order valence-electron chi connectivity index (χ2n) is 7.20. The topological polar surface area (TPSA) is 82.0 Å². The van der Waals surface area contributed by atoms with Crippen molar-refractivity contribution in [3.05, 3.63) is 98.8 Å². The van der Waals surface area contributed by atoms with Crippen molar-refractivity contribution < 1.29 is 27.2 Å². The van der Waals surface area contributed by atoms with Crippen LogP contribution in [0.15, 0.2) is 54.6 Å². The van der Waals surface area contributed by atoms with Crippen LogP contribution in [-0.2, 0) is 6.18 Å². The monoisotopic (exact) mass is 473 g/mol. The summed E-state index contributed by atoms with van der Waals surface area (Å²) in [7, 11) is 0. The first kappa shape index (κ1) is 22.3. The standard InChI is InChI=1S/C23H12ClF4N3O2/c24-17-5-4-11(10-29)6-16(17)20-19-15(22(33)31-20)2-1-3-18(19)30-21(32)12-7-13(23(26,27)28)9-14(25)8-12/h1-9,20H,(H,30,32)(H,31,33). The third kappa shape index (κ3) is 4.25. The normalized spacial score (nSPS) is 14.9. The number of fused-ring (bicyclic) bond motifs is 1. The maximum atomic E-state index is 13.8. The molecule has 3 aromatic rings. The third-order valence-corrected chi connectivity index (χ3v) is 5.43. The van der Waals surface area contributed by atoms with Gasteiger partial charge in [-0.15, -0.1) is 0 Å². The molecule has 0 radical (unpaired) electrons. The van der Waals surface area contributed by atoms with Gasteiger partial charge in [0.2, 0.25) is 0 Å². The molecule has 1 heterocycles. The Bertz CT molecular complexity index is 1350. The maximum absolute atomic E-state index is 13.8. The summed E-state index contributed by atoms with van der Waals surface area (Å²) in [5.41, 5.74) is -0.504. The van der Waals surface area contributed by atoms with Crippen LogP contribution in [0.2, 0.25) is 5.02 Å². The highest BCUT2D eigenvalue weighted by Gasteiger charge is 2.35. The first-order valence-electron chi connectivity index (χ1n) is 9.41. The average Bonchev–Trinajstić information content (AvgIpc) is 3.10. The fourth-order valence-electron chi connectivity index (χ4n) is 3.61. The minimum Gasteiger partial charge on any atom is -0.341 e. The van der Waals surface area contributed by atoms with E-state index in [9.17, 15) is 32.4 Å². The molecule has 1 atom stereocenters. The molecule has 166 valence electrons. The molecule has 1 unspecified atom stereocenters. The number of nitriles is 1. The molecule has 0 saturated heterocycles. The van der Waals surface area contributed by atoms with E-state index in [-0.39, 0.29) is 21.8 Å². The molecule has 0 aliphatic carbocycles. The van der Waals surface area contributed by atoms with Crippen molar-refractivity contribution in [1.82, 2.24) is 5.32 Å². The molecule has 0 spiro atoms. The fourth-order valence-corrected chi connectivity index (χ4v) is 3.84. The number of nitrogens with one attached hydrogen (secondary N) is 2. The largest absolute Gasteiger partial charge is 0.416 e. The van der Waals surface area contributed by atoms with Gasteiger partial charge in [-0.05, 0) is 54.1 Å². The van der Waals surface area contributed by atoms with Gasteiger partial charge in [0.25, 0.3) is 11.8 Å². The van der Waals surface area contributed by atoms with Gasteiger partial charge in [-0.1, -0.05) is 17.7 Å². The lowest BCUT2D eigenvalue weighted by molar-refractivity contribution is -0.137. The van der Waals surface area contributed by atoms with E-state index < -0.39 is 41.0 Å². The Balaban J connectivity index is 1.76. The Labute approximate surface area is 189 Å². The van der Waals surface area contributed by atoms with Crippen molar-refractivity contribution in [3.63, 3.8) is 0 Å². The van der Waals surface area contributed by atoms with Gasteiger partial charge >= 0.3 is 6.18 Å². The number of carbonyl (C=O) groups excluding carboxylic acids is 2. The molecule has 4 rings (SSSR count). The van der Waals surface area contributed by atoms with Gasteiger partial charge in [0.05, 0.1) is 23.2 Å². The second kappa shape index (κ2) is 8.22. The third-order valence-electron chi connectivity index (χ3n) is 5.09. The summed E-state index contributed by atoms with van der Waals surface area (Å²) in [5, 5.41) is 14.6. The van der Waals surface area contributed by atoms with Crippen LogP contribution < -0.4 is 10.6 Å². The Morgan fingerprint density at radius 3 is 2.58 bits per heavy atom. The SMILES string of the molecule is N#Cc1ccc(Cl)c(C2NC(=O)c3cccc(NC(=O)c4cc(F)cc(C(F)(F)F)c4)c32)c1. The number of hydrogen-bond acceptors (Lipinski definition) is 3. The summed E-state index contributed by atoms with van der Waals surface area (Å²) in [6.07, 6.45) is -4.84. The smallest absolute Gasteiger partial charge is 0.341 e. The van der Waals surface area contributed by atoms with Crippen molar-refractivity contribution in [2.75, 3.05) is 5.32 Å². The molecule has 0 aromatic heterocycles. The van der Waals surface area contributed by atoms with Gasteiger partial charge in [0, 0.05) is 27.4 Å². The molecular weight excluding hydrogens is 462 g/mol. The Hall–Kier alpha value is -3.90. The van der Waals surface area contributed by atoms with Gasteiger partial charge in [0.1, 0.15) is 5.82 Å². The van der Waals surface area contributed by atoms with Crippen LogP contribution in [0.1, 0.15) is 49.0 Å².